The van der Waals surface area contributed by atoms with Gasteiger partial charge in [0.2, 0.25) is 0 Å². The van der Waals surface area contributed by atoms with Crippen LogP contribution in [0.4, 0.5) is 22.0 Å². The predicted octanol–water partition coefficient (Wildman–Crippen LogP) is 4.83. The van der Waals surface area contributed by atoms with E-state index >= 15 is 0 Å². The number of ether oxygens (including phenoxy) is 1. The monoisotopic (exact) mass is 308 g/mol. The van der Waals surface area contributed by atoms with Gasteiger partial charge in [-0.05, 0) is 18.2 Å². The third-order valence-corrected chi connectivity index (χ3v) is 2.91. The number of hydrogen-bond donors (Lipinski definition) is 0. The average Bonchev–Trinajstić information content (AvgIpc) is 2.26. The van der Waals surface area contributed by atoms with Crippen molar-refractivity contribution in [1.82, 2.24) is 0 Å². The highest BCUT2D eigenvalue weighted by molar-refractivity contribution is 6.31. The first-order chi connectivity index (χ1) is 8.11. The molecule has 0 spiro atoms. The fraction of sp³-hybridized carbons (Fsp3) is 0.400. The van der Waals surface area contributed by atoms with Crippen molar-refractivity contribution in [3.8, 4) is 5.75 Å². The molecule has 1 aromatic carbocycles. The molecule has 1 rings (SSSR count). The summed E-state index contributed by atoms with van der Waals surface area (Å²) >= 11 is 10.8. The highest BCUT2D eigenvalue weighted by atomic mass is 35.5. The molecule has 1 nitrogen and oxygen atoms in total. The zero-order valence-corrected chi connectivity index (χ0v) is 10.4. The van der Waals surface area contributed by atoms with Crippen LogP contribution < -0.4 is 4.74 Å². The van der Waals surface area contributed by atoms with Gasteiger partial charge >= 0.3 is 12.1 Å². The summed E-state index contributed by atoms with van der Waals surface area (Å²) in [6, 6.07) is 3.37. The standard InChI is InChI=1S/C10H7Cl2F5O/c1-18-7-3-2-5(11)4-6(7)8(12)9(13,14)10(15,16)17/h2-4,8H,1H3. The topological polar surface area (TPSA) is 9.23 Å². The Labute approximate surface area is 109 Å². The van der Waals surface area contributed by atoms with Crippen LogP contribution in [0.5, 0.6) is 5.75 Å². The number of halogens is 7. The molecule has 0 fully saturated rings. The van der Waals surface area contributed by atoms with Gasteiger partial charge in [-0.2, -0.15) is 22.0 Å². The first-order valence-electron chi connectivity index (χ1n) is 4.53. The third kappa shape index (κ3) is 2.80. The van der Waals surface area contributed by atoms with E-state index in [1.807, 2.05) is 0 Å². The van der Waals surface area contributed by atoms with Gasteiger partial charge in [0.15, 0.2) is 0 Å². The van der Waals surface area contributed by atoms with Crippen LogP contribution in [0, 0.1) is 0 Å². The van der Waals surface area contributed by atoms with Gasteiger partial charge in [-0.1, -0.05) is 11.6 Å². The van der Waals surface area contributed by atoms with Crippen molar-refractivity contribution in [1.29, 1.82) is 0 Å². The molecule has 0 saturated carbocycles. The maximum absolute atomic E-state index is 13.1. The number of methoxy groups -OCH3 is 1. The van der Waals surface area contributed by atoms with Gasteiger partial charge in [0.25, 0.3) is 0 Å². The molecule has 1 aromatic rings. The molecule has 0 aliphatic rings. The van der Waals surface area contributed by atoms with Crippen LogP contribution in [0.25, 0.3) is 0 Å². The van der Waals surface area contributed by atoms with Crippen LogP contribution in [0.15, 0.2) is 18.2 Å². The van der Waals surface area contributed by atoms with Gasteiger partial charge in [0.1, 0.15) is 11.1 Å². The molecular formula is C10H7Cl2F5O. The van der Waals surface area contributed by atoms with Crippen LogP contribution in [0.1, 0.15) is 10.9 Å². The van der Waals surface area contributed by atoms with Crippen LogP contribution >= 0.6 is 23.2 Å². The molecule has 0 amide bonds. The Balaban J connectivity index is 3.26. The molecule has 0 aromatic heterocycles. The summed E-state index contributed by atoms with van der Waals surface area (Å²) in [6.07, 6.45) is -5.76. The minimum Gasteiger partial charge on any atom is -0.496 e. The first-order valence-corrected chi connectivity index (χ1v) is 5.34. The molecule has 0 saturated heterocycles. The lowest BCUT2D eigenvalue weighted by atomic mass is 10.0. The lowest BCUT2D eigenvalue weighted by molar-refractivity contribution is -0.283. The Bertz CT molecular complexity index is 433. The molecule has 18 heavy (non-hydrogen) atoms. The van der Waals surface area contributed by atoms with Gasteiger partial charge in [-0.3, -0.25) is 0 Å². The van der Waals surface area contributed by atoms with Gasteiger partial charge in [-0.15, -0.1) is 11.6 Å². The van der Waals surface area contributed by atoms with E-state index in [1.165, 1.54) is 12.1 Å². The largest absolute Gasteiger partial charge is 0.496 e. The minimum atomic E-state index is -5.76. The van der Waals surface area contributed by atoms with E-state index in [-0.39, 0.29) is 10.8 Å². The van der Waals surface area contributed by atoms with E-state index in [1.54, 1.807) is 0 Å². The zero-order valence-electron chi connectivity index (χ0n) is 8.86. The van der Waals surface area contributed by atoms with Crippen molar-refractivity contribution < 1.29 is 26.7 Å². The second kappa shape index (κ2) is 5.09. The molecule has 0 radical (unpaired) electrons. The second-order valence-electron chi connectivity index (χ2n) is 3.37. The first kappa shape index (κ1) is 15.3. The lowest BCUT2D eigenvalue weighted by Gasteiger charge is -2.25. The van der Waals surface area contributed by atoms with Gasteiger partial charge < -0.3 is 4.74 Å². The highest BCUT2D eigenvalue weighted by Gasteiger charge is 2.62. The summed E-state index contributed by atoms with van der Waals surface area (Å²) in [4.78, 5) is 0. The van der Waals surface area contributed by atoms with Crippen LogP contribution in [0.2, 0.25) is 5.02 Å². The zero-order chi connectivity index (χ0) is 14.1. The Morgan fingerprint density at radius 3 is 2.17 bits per heavy atom. The number of alkyl halides is 6. The number of rotatable bonds is 3. The van der Waals surface area contributed by atoms with E-state index in [2.05, 4.69) is 4.74 Å². The normalized spacial score (nSPS) is 14.4. The highest BCUT2D eigenvalue weighted by Crippen LogP contribution is 2.50. The van der Waals surface area contributed by atoms with Gasteiger partial charge in [0, 0.05) is 10.6 Å². The van der Waals surface area contributed by atoms with Crippen LogP contribution in [-0.2, 0) is 0 Å². The summed E-state index contributed by atoms with van der Waals surface area (Å²) < 4.78 is 67.5. The summed E-state index contributed by atoms with van der Waals surface area (Å²) in [6.45, 7) is 0. The third-order valence-electron chi connectivity index (χ3n) is 2.16. The summed E-state index contributed by atoms with van der Waals surface area (Å²) in [5.41, 5.74) is -0.519. The molecule has 0 heterocycles. The minimum absolute atomic E-state index is 0.0191. The Hall–Kier alpha value is -0.750. The SMILES string of the molecule is COc1ccc(Cl)cc1C(Cl)C(F)(F)C(F)(F)F. The summed E-state index contributed by atoms with van der Waals surface area (Å²) in [5, 5.41) is -2.64. The van der Waals surface area contributed by atoms with Crippen LogP contribution in [0.3, 0.4) is 0 Å². The second-order valence-corrected chi connectivity index (χ2v) is 4.24. The smallest absolute Gasteiger partial charge is 0.455 e. The molecular weight excluding hydrogens is 302 g/mol. The fourth-order valence-electron chi connectivity index (χ4n) is 1.24. The van der Waals surface area contributed by atoms with Crippen molar-refractivity contribution >= 4 is 23.2 Å². The fourth-order valence-corrected chi connectivity index (χ4v) is 1.72. The molecule has 0 N–H and O–H groups in total. The van der Waals surface area contributed by atoms with Crippen LogP contribution in [-0.4, -0.2) is 19.2 Å². The lowest BCUT2D eigenvalue weighted by Crippen LogP contribution is -2.40. The molecule has 8 heteroatoms. The Morgan fingerprint density at radius 2 is 1.72 bits per heavy atom. The predicted molar refractivity (Wildman–Crippen MR) is 57.6 cm³/mol. The van der Waals surface area contributed by atoms with Crippen molar-refractivity contribution in [3.05, 3.63) is 28.8 Å². The number of benzene rings is 1. The van der Waals surface area contributed by atoms with Crippen molar-refractivity contribution in [2.24, 2.45) is 0 Å². The van der Waals surface area contributed by atoms with Gasteiger partial charge in [0.05, 0.1) is 7.11 Å². The van der Waals surface area contributed by atoms with E-state index in [0.717, 1.165) is 13.2 Å². The van der Waals surface area contributed by atoms with Crippen molar-refractivity contribution in [2.75, 3.05) is 7.11 Å². The summed E-state index contributed by atoms with van der Waals surface area (Å²) in [5.74, 6) is -5.28. The molecule has 0 aliphatic heterocycles. The van der Waals surface area contributed by atoms with E-state index in [9.17, 15) is 22.0 Å². The van der Waals surface area contributed by atoms with Crippen molar-refractivity contribution in [2.45, 2.75) is 17.5 Å². The summed E-state index contributed by atoms with van der Waals surface area (Å²) in [7, 11) is 1.13. The quantitative estimate of drug-likeness (QED) is 0.574. The number of hydrogen-bond acceptors (Lipinski definition) is 1. The average molecular weight is 309 g/mol. The Kier molecular flexibility index (Phi) is 4.33. The van der Waals surface area contributed by atoms with Crippen molar-refractivity contribution in [3.63, 3.8) is 0 Å². The Morgan fingerprint density at radius 1 is 1.17 bits per heavy atom. The maximum Gasteiger partial charge on any atom is 0.455 e. The maximum atomic E-state index is 13.1. The molecule has 1 unspecified atom stereocenters. The van der Waals surface area contributed by atoms with Gasteiger partial charge in [-0.25, -0.2) is 0 Å². The molecule has 0 bridgehead atoms. The van der Waals surface area contributed by atoms with E-state index in [0.29, 0.717) is 0 Å². The molecule has 0 aliphatic carbocycles. The van der Waals surface area contributed by atoms with E-state index in [4.69, 9.17) is 23.2 Å². The molecule has 1 atom stereocenters. The molecule has 102 valence electrons. The van der Waals surface area contributed by atoms with E-state index < -0.39 is 23.0 Å².